The SMILES string of the molecule is Brc1cccc(COc2ccc3ccc4cccc5ccc2c3c45)c1. The van der Waals surface area contributed by atoms with Crippen LogP contribution in [0.25, 0.3) is 32.3 Å². The van der Waals surface area contributed by atoms with Gasteiger partial charge in [0, 0.05) is 15.2 Å². The van der Waals surface area contributed by atoms with Crippen molar-refractivity contribution in [1.29, 1.82) is 0 Å². The van der Waals surface area contributed by atoms with Crippen LogP contribution in [-0.2, 0) is 6.61 Å². The van der Waals surface area contributed by atoms with E-state index in [1.54, 1.807) is 0 Å². The molecule has 5 aromatic rings. The van der Waals surface area contributed by atoms with Crippen molar-refractivity contribution in [3.05, 3.63) is 88.9 Å². The lowest BCUT2D eigenvalue weighted by Crippen LogP contribution is -1.96. The predicted molar refractivity (Wildman–Crippen MR) is 109 cm³/mol. The maximum Gasteiger partial charge on any atom is 0.127 e. The summed E-state index contributed by atoms with van der Waals surface area (Å²) in [6.45, 7) is 0.559. The molecule has 0 radical (unpaired) electrons. The van der Waals surface area contributed by atoms with E-state index in [0.717, 1.165) is 15.8 Å². The highest BCUT2D eigenvalue weighted by Gasteiger charge is 2.11. The largest absolute Gasteiger partial charge is 0.488 e. The molecule has 0 N–H and O–H groups in total. The van der Waals surface area contributed by atoms with Gasteiger partial charge in [-0.1, -0.05) is 70.5 Å². The molecule has 2 heteroatoms. The first-order chi connectivity index (χ1) is 12.3. The van der Waals surface area contributed by atoms with Crippen LogP contribution in [0.5, 0.6) is 5.75 Å². The van der Waals surface area contributed by atoms with Crippen LogP contribution in [0.1, 0.15) is 5.56 Å². The van der Waals surface area contributed by atoms with Crippen LogP contribution in [0.2, 0.25) is 0 Å². The van der Waals surface area contributed by atoms with Crippen LogP contribution in [0, 0.1) is 0 Å². The molecular formula is C23H15BrO. The smallest absolute Gasteiger partial charge is 0.127 e. The number of rotatable bonds is 3. The Labute approximate surface area is 154 Å². The summed E-state index contributed by atoms with van der Waals surface area (Å²) in [5.41, 5.74) is 1.15. The standard InChI is InChI=1S/C23H15BrO/c24-19-6-1-3-15(13-19)14-25-21-12-10-18-8-7-16-4-2-5-17-9-11-20(21)23(18)22(16)17/h1-13H,14H2. The molecule has 0 saturated heterocycles. The normalized spacial score (nSPS) is 11.6. The molecular weight excluding hydrogens is 372 g/mol. The van der Waals surface area contributed by atoms with Crippen LogP contribution in [0.15, 0.2) is 83.3 Å². The van der Waals surface area contributed by atoms with E-state index in [2.05, 4.69) is 82.7 Å². The minimum Gasteiger partial charge on any atom is -0.488 e. The summed E-state index contributed by atoms with van der Waals surface area (Å²) in [4.78, 5) is 0. The summed E-state index contributed by atoms with van der Waals surface area (Å²) in [5, 5.41) is 7.61. The highest BCUT2D eigenvalue weighted by molar-refractivity contribution is 9.10. The number of hydrogen-bond donors (Lipinski definition) is 0. The van der Waals surface area contributed by atoms with Crippen molar-refractivity contribution in [3.8, 4) is 5.75 Å². The fourth-order valence-corrected chi connectivity index (χ4v) is 4.07. The summed E-state index contributed by atoms with van der Waals surface area (Å²) in [7, 11) is 0. The maximum atomic E-state index is 6.18. The second-order valence-electron chi connectivity index (χ2n) is 6.34. The molecule has 0 spiro atoms. The molecule has 0 aliphatic heterocycles. The predicted octanol–water partition coefficient (Wildman–Crippen LogP) is 6.93. The average Bonchev–Trinajstić information content (AvgIpc) is 2.65. The Bertz CT molecular complexity index is 1190. The second-order valence-corrected chi connectivity index (χ2v) is 7.25. The zero-order valence-corrected chi connectivity index (χ0v) is 15.1. The van der Waals surface area contributed by atoms with Crippen molar-refractivity contribution in [2.45, 2.75) is 6.61 Å². The van der Waals surface area contributed by atoms with Crippen molar-refractivity contribution >= 4 is 48.2 Å². The Morgan fingerprint density at radius 1 is 0.680 bits per heavy atom. The third-order valence-electron chi connectivity index (χ3n) is 4.77. The molecule has 0 bridgehead atoms. The molecule has 25 heavy (non-hydrogen) atoms. The molecule has 0 aromatic heterocycles. The molecule has 0 unspecified atom stereocenters. The summed E-state index contributed by atoms with van der Waals surface area (Å²) in [6.07, 6.45) is 0. The monoisotopic (exact) mass is 386 g/mol. The van der Waals surface area contributed by atoms with Crippen LogP contribution >= 0.6 is 15.9 Å². The Hall–Kier alpha value is -2.58. The van der Waals surface area contributed by atoms with Crippen LogP contribution in [0.4, 0.5) is 0 Å². The van der Waals surface area contributed by atoms with E-state index >= 15 is 0 Å². The van der Waals surface area contributed by atoms with E-state index in [-0.39, 0.29) is 0 Å². The lowest BCUT2D eigenvalue weighted by molar-refractivity contribution is 0.310. The van der Waals surface area contributed by atoms with Gasteiger partial charge in [0.15, 0.2) is 0 Å². The molecule has 0 amide bonds. The number of halogens is 1. The molecule has 0 aliphatic carbocycles. The third-order valence-corrected chi connectivity index (χ3v) is 5.27. The van der Waals surface area contributed by atoms with Crippen LogP contribution in [0.3, 0.4) is 0 Å². The fourth-order valence-electron chi connectivity index (χ4n) is 3.62. The summed E-state index contributed by atoms with van der Waals surface area (Å²) >= 11 is 3.52. The molecule has 0 saturated carbocycles. The van der Waals surface area contributed by atoms with Crippen molar-refractivity contribution in [2.75, 3.05) is 0 Å². The lowest BCUT2D eigenvalue weighted by atomic mass is 9.94. The zero-order chi connectivity index (χ0) is 16.8. The second kappa shape index (κ2) is 5.75. The number of ether oxygens (including phenoxy) is 1. The average molecular weight is 387 g/mol. The first-order valence-electron chi connectivity index (χ1n) is 8.33. The van der Waals surface area contributed by atoms with Gasteiger partial charge < -0.3 is 4.74 Å². The summed E-state index contributed by atoms with van der Waals surface area (Å²) in [5.74, 6) is 0.936. The van der Waals surface area contributed by atoms with E-state index in [0.29, 0.717) is 6.61 Å². The minimum atomic E-state index is 0.559. The summed E-state index contributed by atoms with van der Waals surface area (Å²) in [6, 6.07) is 27.7. The lowest BCUT2D eigenvalue weighted by Gasteiger charge is -2.14. The van der Waals surface area contributed by atoms with Crippen molar-refractivity contribution < 1.29 is 4.74 Å². The van der Waals surface area contributed by atoms with Gasteiger partial charge in [-0.3, -0.25) is 0 Å². The van der Waals surface area contributed by atoms with E-state index in [1.165, 1.54) is 32.3 Å². The van der Waals surface area contributed by atoms with Crippen molar-refractivity contribution in [3.63, 3.8) is 0 Å². The first-order valence-corrected chi connectivity index (χ1v) is 9.13. The Balaban J connectivity index is 1.66. The Morgan fingerprint density at radius 2 is 1.36 bits per heavy atom. The molecule has 0 fully saturated rings. The van der Waals surface area contributed by atoms with E-state index in [9.17, 15) is 0 Å². The van der Waals surface area contributed by atoms with Crippen LogP contribution < -0.4 is 4.74 Å². The molecule has 5 aromatic carbocycles. The van der Waals surface area contributed by atoms with E-state index < -0.39 is 0 Å². The quantitative estimate of drug-likeness (QED) is 0.305. The molecule has 1 nitrogen and oxygen atoms in total. The van der Waals surface area contributed by atoms with Gasteiger partial charge in [0.25, 0.3) is 0 Å². The molecule has 0 atom stereocenters. The van der Waals surface area contributed by atoms with Gasteiger partial charge >= 0.3 is 0 Å². The molecule has 120 valence electrons. The Morgan fingerprint density at radius 3 is 2.16 bits per heavy atom. The van der Waals surface area contributed by atoms with Gasteiger partial charge in [0.1, 0.15) is 12.4 Å². The highest BCUT2D eigenvalue weighted by Crippen LogP contribution is 2.38. The van der Waals surface area contributed by atoms with Crippen molar-refractivity contribution in [2.24, 2.45) is 0 Å². The van der Waals surface area contributed by atoms with Gasteiger partial charge in [-0.15, -0.1) is 0 Å². The topological polar surface area (TPSA) is 9.23 Å². The zero-order valence-electron chi connectivity index (χ0n) is 13.5. The van der Waals surface area contributed by atoms with Gasteiger partial charge in [-0.05, 0) is 51.4 Å². The summed E-state index contributed by atoms with van der Waals surface area (Å²) < 4.78 is 7.26. The van der Waals surface area contributed by atoms with E-state index in [1.807, 2.05) is 12.1 Å². The molecule has 0 heterocycles. The first kappa shape index (κ1) is 14.7. The van der Waals surface area contributed by atoms with Crippen LogP contribution in [-0.4, -0.2) is 0 Å². The van der Waals surface area contributed by atoms with Gasteiger partial charge in [0.2, 0.25) is 0 Å². The van der Waals surface area contributed by atoms with Gasteiger partial charge in [0.05, 0.1) is 0 Å². The van der Waals surface area contributed by atoms with Gasteiger partial charge in [-0.2, -0.15) is 0 Å². The fraction of sp³-hybridized carbons (Fsp3) is 0.0435. The maximum absolute atomic E-state index is 6.18. The minimum absolute atomic E-state index is 0.559. The number of hydrogen-bond acceptors (Lipinski definition) is 1. The highest BCUT2D eigenvalue weighted by atomic mass is 79.9. The Kier molecular flexibility index (Phi) is 3.39. The molecule has 5 rings (SSSR count). The van der Waals surface area contributed by atoms with Crippen molar-refractivity contribution in [1.82, 2.24) is 0 Å². The molecule has 0 aliphatic rings. The van der Waals surface area contributed by atoms with E-state index in [4.69, 9.17) is 4.74 Å². The number of benzene rings is 5. The third kappa shape index (κ3) is 2.45. The van der Waals surface area contributed by atoms with Gasteiger partial charge in [-0.25, -0.2) is 0 Å².